The van der Waals surface area contributed by atoms with Crippen molar-refractivity contribution in [2.75, 3.05) is 0 Å². The number of halogens is 1. The first kappa shape index (κ1) is 7.28. The molecule has 0 spiro atoms. The zero-order valence-electron chi connectivity index (χ0n) is 5.73. The number of nitrogens with one attached hydrogen (secondary N) is 1. The van der Waals surface area contributed by atoms with Gasteiger partial charge in [-0.15, -0.1) is 0 Å². The van der Waals surface area contributed by atoms with E-state index < -0.39 is 0 Å². The third-order valence-corrected chi connectivity index (χ3v) is 1.57. The second-order valence-corrected chi connectivity index (χ2v) is 2.43. The minimum atomic E-state index is -0.226. The predicted octanol–water partition coefficient (Wildman–Crippen LogP) is 1.04. The van der Waals surface area contributed by atoms with Crippen LogP contribution in [0.1, 0.15) is 11.4 Å². The van der Waals surface area contributed by atoms with Crippen LogP contribution in [-0.4, -0.2) is 9.97 Å². The first-order valence-electron chi connectivity index (χ1n) is 2.84. The van der Waals surface area contributed by atoms with Gasteiger partial charge in [-0.05, 0) is 13.8 Å². The summed E-state index contributed by atoms with van der Waals surface area (Å²) in [6, 6.07) is 0. The second-order valence-electron chi connectivity index (χ2n) is 2.05. The Morgan fingerprint density at radius 2 is 2.00 bits per heavy atom. The standard InChI is InChI=1S/C6H7ClN2O/c1-3-5(7)9-6(10)4(2)8-3/h1-2H3,(H,9,10). The average Bonchev–Trinajstić information content (AvgIpc) is 1.84. The Hall–Kier alpha value is -0.830. The summed E-state index contributed by atoms with van der Waals surface area (Å²) in [5.74, 6) is 0. The van der Waals surface area contributed by atoms with Crippen molar-refractivity contribution >= 4 is 11.6 Å². The lowest BCUT2D eigenvalue weighted by atomic mass is 10.4. The molecule has 0 aromatic carbocycles. The van der Waals surface area contributed by atoms with E-state index in [-0.39, 0.29) is 5.56 Å². The molecule has 0 fully saturated rings. The van der Waals surface area contributed by atoms with Crippen LogP contribution >= 0.6 is 11.6 Å². The predicted molar refractivity (Wildman–Crippen MR) is 39.3 cm³/mol. The molecule has 0 aliphatic rings. The lowest BCUT2D eigenvalue weighted by Crippen LogP contribution is -2.12. The largest absolute Gasteiger partial charge is 0.310 e. The van der Waals surface area contributed by atoms with E-state index in [2.05, 4.69) is 9.97 Å². The van der Waals surface area contributed by atoms with Crippen molar-refractivity contribution in [3.63, 3.8) is 0 Å². The molecule has 1 N–H and O–H groups in total. The molecule has 0 amide bonds. The van der Waals surface area contributed by atoms with E-state index in [4.69, 9.17) is 11.6 Å². The van der Waals surface area contributed by atoms with Gasteiger partial charge in [-0.2, -0.15) is 0 Å². The van der Waals surface area contributed by atoms with Gasteiger partial charge < -0.3 is 4.98 Å². The highest BCUT2D eigenvalue weighted by Gasteiger charge is 1.99. The molecular formula is C6H7ClN2O. The van der Waals surface area contributed by atoms with Gasteiger partial charge in [-0.3, -0.25) is 4.79 Å². The summed E-state index contributed by atoms with van der Waals surface area (Å²) in [5.41, 5.74) is 0.872. The summed E-state index contributed by atoms with van der Waals surface area (Å²) in [6.45, 7) is 3.38. The number of aromatic nitrogens is 2. The Kier molecular flexibility index (Phi) is 1.76. The Balaban J connectivity index is 3.43. The summed E-state index contributed by atoms with van der Waals surface area (Å²) in [5, 5.41) is 0.315. The SMILES string of the molecule is Cc1nc(C)c(=O)[nH]c1Cl. The zero-order chi connectivity index (χ0) is 7.72. The number of hydrogen-bond donors (Lipinski definition) is 1. The summed E-state index contributed by atoms with van der Waals surface area (Å²) in [4.78, 5) is 17.1. The number of aryl methyl sites for hydroxylation is 2. The Morgan fingerprint density at radius 1 is 1.40 bits per heavy atom. The lowest BCUT2D eigenvalue weighted by Gasteiger charge is -1.95. The molecule has 0 aliphatic heterocycles. The average molecular weight is 159 g/mol. The van der Waals surface area contributed by atoms with Gasteiger partial charge in [0, 0.05) is 0 Å². The van der Waals surface area contributed by atoms with Gasteiger partial charge in [0.25, 0.3) is 5.56 Å². The molecule has 54 valence electrons. The lowest BCUT2D eigenvalue weighted by molar-refractivity contribution is 1.01. The molecule has 4 heteroatoms. The quantitative estimate of drug-likeness (QED) is 0.613. The summed E-state index contributed by atoms with van der Waals surface area (Å²) < 4.78 is 0. The molecule has 0 atom stereocenters. The topological polar surface area (TPSA) is 45.8 Å². The summed E-state index contributed by atoms with van der Waals surface area (Å²) in [6.07, 6.45) is 0. The fourth-order valence-electron chi connectivity index (χ4n) is 0.632. The van der Waals surface area contributed by atoms with E-state index in [1.54, 1.807) is 13.8 Å². The van der Waals surface area contributed by atoms with E-state index >= 15 is 0 Å². The number of aromatic amines is 1. The fourth-order valence-corrected chi connectivity index (χ4v) is 0.760. The molecular weight excluding hydrogens is 152 g/mol. The number of hydrogen-bond acceptors (Lipinski definition) is 2. The number of nitrogens with zero attached hydrogens (tertiary/aromatic N) is 1. The van der Waals surface area contributed by atoms with Crippen molar-refractivity contribution in [3.8, 4) is 0 Å². The van der Waals surface area contributed by atoms with Crippen LogP contribution in [0, 0.1) is 13.8 Å². The summed E-state index contributed by atoms with van der Waals surface area (Å²) >= 11 is 5.57. The van der Waals surface area contributed by atoms with Crippen LogP contribution < -0.4 is 5.56 Å². The van der Waals surface area contributed by atoms with Crippen molar-refractivity contribution in [3.05, 3.63) is 26.9 Å². The number of H-pyrrole nitrogens is 1. The Morgan fingerprint density at radius 3 is 2.50 bits per heavy atom. The zero-order valence-corrected chi connectivity index (χ0v) is 6.49. The van der Waals surface area contributed by atoms with Crippen LogP contribution in [0.4, 0.5) is 0 Å². The van der Waals surface area contributed by atoms with Gasteiger partial charge in [0.15, 0.2) is 0 Å². The molecule has 0 radical (unpaired) electrons. The monoisotopic (exact) mass is 158 g/mol. The molecule has 1 heterocycles. The van der Waals surface area contributed by atoms with Gasteiger partial charge in [0.1, 0.15) is 10.8 Å². The smallest absolute Gasteiger partial charge is 0.270 e. The fraction of sp³-hybridized carbons (Fsp3) is 0.333. The molecule has 1 aromatic heterocycles. The van der Waals surface area contributed by atoms with E-state index in [9.17, 15) is 4.79 Å². The maximum absolute atomic E-state index is 10.8. The van der Waals surface area contributed by atoms with E-state index in [0.29, 0.717) is 16.5 Å². The van der Waals surface area contributed by atoms with Gasteiger partial charge in [-0.1, -0.05) is 11.6 Å². The van der Waals surface area contributed by atoms with Gasteiger partial charge in [0.05, 0.1) is 5.69 Å². The molecule has 0 saturated heterocycles. The Bertz CT molecular complexity index is 305. The third-order valence-electron chi connectivity index (χ3n) is 1.20. The third kappa shape index (κ3) is 1.19. The van der Waals surface area contributed by atoms with Gasteiger partial charge in [-0.25, -0.2) is 4.98 Å². The van der Waals surface area contributed by atoms with Crippen LogP contribution in [0.2, 0.25) is 5.15 Å². The maximum atomic E-state index is 10.8. The first-order valence-corrected chi connectivity index (χ1v) is 3.22. The minimum absolute atomic E-state index is 0.226. The van der Waals surface area contributed by atoms with Crippen LogP contribution in [0.25, 0.3) is 0 Å². The van der Waals surface area contributed by atoms with Crippen LogP contribution in [-0.2, 0) is 0 Å². The summed E-state index contributed by atoms with van der Waals surface area (Å²) in [7, 11) is 0. The minimum Gasteiger partial charge on any atom is -0.310 e. The number of rotatable bonds is 0. The van der Waals surface area contributed by atoms with Crippen molar-refractivity contribution < 1.29 is 0 Å². The highest BCUT2D eigenvalue weighted by atomic mass is 35.5. The van der Waals surface area contributed by atoms with E-state index in [0.717, 1.165) is 0 Å². The Labute approximate surface area is 63.1 Å². The maximum Gasteiger partial charge on any atom is 0.270 e. The highest BCUT2D eigenvalue weighted by molar-refractivity contribution is 6.29. The van der Waals surface area contributed by atoms with Crippen LogP contribution in [0.5, 0.6) is 0 Å². The first-order chi connectivity index (χ1) is 4.61. The molecule has 0 aliphatic carbocycles. The van der Waals surface area contributed by atoms with Crippen molar-refractivity contribution in [1.29, 1.82) is 0 Å². The van der Waals surface area contributed by atoms with Gasteiger partial charge in [0.2, 0.25) is 0 Å². The molecule has 0 unspecified atom stereocenters. The normalized spacial score (nSPS) is 9.90. The highest BCUT2D eigenvalue weighted by Crippen LogP contribution is 2.04. The molecule has 1 aromatic rings. The molecule has 10 heavy (non-hydrogen) atoms. The van der Waals surface area contributed by atoms with Crippen LogP contribution in [0.3, 0.4) is 0 Å². The van der Waals surface area contributed by atoms with E-state index in [1.807, 2.05) is 0 Å². The van der Waals surface area contributed by atoms with Crippen molar-refractivity contribution in [1.82, 2.24) is 9.97 Å². The van der Waals surface area contributed by atoms with E-state index in [1.165, 1.54) is 0 Å². The van der Waals surface area contributed by atoms with Crippen LogP contribution in [0.15, 0.2) is 4.79 Å². The molecule has 0 bridgehead atoms. The molecule has 3 nitrogen and oxygen atoms in total. The second kappa shape index (κ2) is 2.42. The van der Waals surface area contributed by atoms with Crippen molar-refractivity contribution in [2.45, 2.75) is 13.8 Å². The van der Waals surface area contributed by atoms with Gasteiger partial charge >= 0.3 is 0 Å². The molecule has 0 saturated carbocycles. The van der Waals surface area contributed by atoms with Crippen molar-refractivity contribution in [2.24, 2.45) is 0 Å². The molecule has 1 rings (SSSR count).